The van der Waals surface area contributed by atoms with Gasteiger partial charge in [0, 0.05) is 52.9 Å². The van der Waals surface area contributed by atoms with Crippen LogP contribution in [0.1, 0.15) is 37.3 Å². The van der Waals surface area contributed by atoms with Gasteiger partial charge in [0.1, 0.15) is 0 Å². The Morgan fingerprint density at radius 2 is 1.96 bits per heavy atom. The molecule has 0 radical (unpaired) electrons. The van der Waals surface area contributed by atoms with Crippen molar-refractivity contribution in [2.24, 2.45) is 10.9 Å². The molecule has 1 amide bonds. The molecule has 0 atom stereocenters. The van der Waals surface area contributed by atoms with E-state index in [4.69, 9.17) is 4.99 Å². The normalized spacial score (nSPS) is 15.0. The Balaban J connectivity index is 0.00000392. The molecule has 158 valence electrons. The number of benzene rings is 1. The molecule has 0 aromatic heterocycles. The molecule has 1 aromatic rings. The van der Waals surface area contributed by atoms with Crippen LogP contribution in [0.5, 0.6) is 0 Å². The molecule has 7 heteroatoms. The van der Waals surface area contributed by atoms with E-state index in [9.17, 15) is 4.79 Å². The minimum Gasteiger partial charge on any atom is -0.377 e. The molecule has 0 saturated carbocycles. The van der Waals surface area contributed by atoms with Gasteiger partial charge < -0.3 is 20.4 Å². The summed E-state index contributed by atoms with van der Waals surface area (Å²) in [5.74, 6) is 1.59. The first-order valence-corrected chi connectivity index (χ1v) is 9.95. The third-order valence-corrected chi connectivity index (χ3v) is 5.12. The average Bonchev–Trinajstić information content (AvgIpc) is 2.66. The SMILES string of the molecule is CCNC(=NCc1ccc(C)cc1N(C)C)N1CCC(CC(=O)NC)CC1.I. The van der Waals surface area contributed by atoms with Crippen LogP contribution in [0.3, 0.4) is 0 Å². The van der Waals surface area contributed by atoms with E-state index in [2.05, 4.69) is 66.6 Å². The summed E-state index contributed by atoms with van der Waals surface area (Å²) in [5, 5.41) is 6.16. The van der Waals surface area contributed by atoms with Gasteiger partial charge in [0.2, 0.25) is 5.91 Å². The second kappa shape index (κ2) is 12.1. The summed E-state index contributed by atoms with van der Waals surface area (Å²) in [6.07, 6.45) is 2.70. The van der Waals surface area contributed by atoms with E-state index in [0.29, 0.717) is 18.9 Å². The molecule has 1 heterocycles. The Labute approximate surface area is 187 Å². The van der Waals surface area contributed by atoms with E-state index in [0.717, 1.165) is 38.4 Å². The van der Waals surface area contributed by atoms with Gasteiger partial charge in [0.15, 0.2) is 5.96 Å². The zero-order valence-electron chi connectivity index (χ0n) is 17.9. The third kappa shape index (κ3) is 7.14. The number of hydrogen-bond acceptors (Lipinski definition) is 3. The lowest BCUT2D eigenvalue weighted by molar-refractivity contribution is -0.121. The van der Waals surface area contributed by atoms with E-state index in [1.807, 2.05) is 0 Å². The van der Waals surface area contributed by atoms with Crippen LogP contribution in [0.4, 0.5) is 5.69 Å². The number of piperidine rings is 1. The van der Waals surface area contributed by atoms with Crippen LogP contribution in [0.2, 0.25) is 0 Å². The summed E-state index contributed by atoms with van der Waals surface area (Å²) in [6.45, 7) is 7.63. The molecule has 1 aliphatic rings. The molecule has 2 rings (SSSR count). The highest BCUT2D eigenvalue weighted by Gasteiger charge is 2.23. The first-order chi connectivity index (χ1) is 12.9. The van der Waals surface area contributed by atoms with Crippen LogP contribution in [0, 0.1) is 12.8 Å². The van der Waals surface area contributed by atoms with Gasteiger partial charge in [-0.2, -0.15) is 0 Å². The van der Waals surface area contributed by atoms with Crippen molar-refractivity contribution in [2.75, 3.05) is 45.7 Å². The van der Waals surface area contributed by atoms with Crippen molar-refractivity contribution < 1.29 is 4.79 Å². The number of nitrogens with zero attached hydrogens (tertiary/aromatic N) is 3. The zero-order valence-corrected chi connectivity index (χ0v) is 20.2. The highest BCUT2D eigenvalue weighted by molar-refractivity contribution is 14.0. The maximum atomic E-state index is 11.6. The third-order valence-electron chi connectivity index (χ3n) is 5.12. The Morgan fingerprint density at radius 1 is 1.29 bits per heavy atom. The Kier molecular flexibility index (Phi) is 10.6. The van der Waals surface area contributed by atoms with Gasteiger partial charge in [0.05, 0.1) is 6.54 Å². The number of nitrogens with one attached hydrogen (secondary N) is 2. The maximum absolute atomic E-state index is 11.6. The van der Waals surface area contributed by atoms with Gasteiger partial charge in [-0.3, -0.25) is 4.79 Å². The van der Waals surface area contributed by atoms with Gasteiger partial charge in [-0.1, -0.05) is 12.1 Å². The predicted octanol–water partition coefficient (Wildman–Crippen LogP) is 2.99. The minimum atomic E-state index is 0. The second-order valence-corrected chi connectivity index (χ2v) is 7.50. The fourth-order valence-corrected chi connectivity index (χ4v) is 3.52. The maximum Gasteiger partial charge on any atom is 0.220 e. The molecule has 1 aromatic carbocycles. The Morgan fingerprint density at radius 3 is 2.54 bits per heavy atom. The van der Waals surface area contributed by atoms with Crippen molar-refractivity contribution in [1.29, 1.82) is 0 Å². The zero-order chi connectivity index (χ0) is 19.8. The number of anilines is 1. The molecule has 0 spiro atoms. The van der Waals surface area contributed by atoms with Crippen molar-refractivity contribution in [2.45, 2.75) is 39.7 Å². The quantitative estimate of drug-likeness (QED) is 0.358. The van der Waals surface area contributed by atoms with Crippen molar-refractivity contribution in [3.8, 4) is 0 Å². The molecule has 28 heavy (non-hydrogen) atoms. The first kappa shape index (κ1) is 24.5. The molecule has 2 N–H and O–H groups in total. The van der Waals surface area contributed by atoms with Crippen molar-refractivity contribution in [3.63, 3.8) is 0 Å². The monoisotopic (exact) mass is 501 g/mol. The summed E-state index contributed by atoms with van der Waals surface area (Å²) >= 11 is 0. The topological polar surface area (TPSA) is 60.0 Å². The number of hydrogen-bond donors (Lipinski definition) is 2. The predicted molar refractivity (Wildman–Crippen MR) is 129 cm³/mol. The summed E-state index contributed by atoms with van der Waals surface area (Å²) in [7, 11) is 5.86. The standard InChI is InChI=1S/C21H35N5O.HI/c1-6-23-21(26-11-9-17(10-12-26)14-20(27)22-3)24-15-18-8-7-16(2)13-19(18)25(4)5;/h7-8,13,17H,6,9-12,14-15H2,1-5H3,(H,22,27)(H,23,24);1H. The van der Waals surface area contributed by atoms with Crippen LogP contribution in [0.25, 0.3) is 0 Å². The number of carbonyl (C=O) groups excluding carboxylic acids is 1. The number of aliphatic imine (C=N–C) groups is 1. The van der Waals surface area contributed by atoms with Crippen molar-refractivity contribution in [1.82, 2.24) is 15.5 Å². The highest BCUT2D eigenvalue weighted by atomic mass is 127. The van der Waals surface area contributed by atoms with E-state index in [1.165, 1.54) is 16.8 Å². The van der Waals surface area contributed by atoms with Crippen LogP contribution in [0.15, 0.2) is 23.2 Å². The largest absolute Gasteiger partial charge is 0.377 e. The minimum absolute atomic E-state index is 0. The van der Waals surface area contributed by atoms with E-state index >= 15 is 0 Å². The fourth-order valence-electron chi connectivity index (χ4n) is 3.52. The van der Waals surface area contributed by atoms with E-state index in [1.54, 1.807) is 7.05 Å². The van der Waals surface area contributed by atoms with Crippen molar-refractivity contribution >= 4 is 41.5 Å². The second-order valence-electron chi connectivity index (χ2n) is 7.50. The average molecular weight is 501 g/mol. The van der Waals surface area contributed by atoms with Crippen LogP contribution >= 0.6 is 24.0 Å². The molecule has 0 bridgehead atoms. The van der Waals surface area contributed by atoms with Gasteiger partial charge in [-0.05, 0) is 49.8 Å². The molecule has 0 aliphatic carbocycles. The Hall–Kier alpha value is -1.51. The molecule has 1 aliphatic heterocycles. The fraction of sp³-hybridized carbons (Fsp3) is 0.619. The van der Waals surface area contributed by atoms with Crippen molar-refractivity contribution in [3.05, 3.63) is 29.3 Å². The van der Waals surface area contributed by atoms with E-state index < -0.39 is 0 Å². The lowest BCUT2D eigenvalue weighted by Crippen LogP contribution is -2.46. The number of halogens is 1. The summed E-state index contributed by atoms with van der Waals surface area (Å²) < 4.78 is 0. The van der Waals surface area contributed by atoms with Crippen LogP contribution < -0.4 is 15.5 Å². The summed E-state index contributed by atoms with van der Waals surface area (Å²) in [5.41, 5.74) is 3.71. The Bertz CT molecular complexity index is 654. The molecule has 1 saturated heterocycles. The van der Waals surface area contributed by atoms with Crippen LogP contribution in [-0.4, -0.2) is 57.5 Å². The van der Waals surface area contributed by atoms with Gasteiger partial charge in [-0.25, -0.2) is 4.99 Å². The molecule has 1 fully saturated rings. The molecule has 0 unspecified atom stereocenters. The first-order valence-electron chi connectivity index (χ1n) is 9.95. The lowest BCUT2D eigenvalue weighted by Gasteiger charge is -2.34. The highest BCUT2D eigenvalue weighted by Crippen LogP contribution is 2.23. The molecule has 6 nitrogen and oxygen atoms in total. The summed E-state index contributed by atoms with van der Waals surface area (Å²) in [4.78, 5) is 21.0. The lowest BCUT2D eigenvalue weighted by atomic mass is 9.93. The smallest absolute Gasteiger partial charge is 0.220 e. The number of aryl methyl sites for hydroxylation is 1. The summed E-state index contributed by atoms with van der Waals surface area (Å²) in [6, 6.07) is 6.53. The number of amides is 1. The van der Waals surface area contributed by atoms with Crippen LogP contribution in [-0.2, 0) is 11.3 Å². The number of carbonyl (C=O) groups is 1. The number of rotatable bonds is 6. The molecular weight excluding hydrogens is 465 g/mol. The van der Waals surface area contributed by atoms with Gasteiger partial charge >= 0.3 is 0 Å². The van der Waals surface area contributed by atoms with Gasteiger partial charge in [-0.15, -0.1) is 24.0 Å². The number of likely N-dealkylation sites (tertiary alicyclic amines) is 1. The van der Waals surface area contributed by atoms with Gasteiger partial charge in [0.25, 0.3) is 0 Å². The molecular formula is C21H36IN5O. The number of guanidine groups is 1. The van der Waals surface area contributed by atoms with E-state index in [-0.39, 0.29) is 29.9 Å².